The van der Waals surface area contributed by atoms with Crippen molar-refractivity contribution in [2.45, 2.75) is 12.8 Å². The lowest BCUT2D eigenvalue weighted by molar-refractivity contribution is 0.183. The van der Waals surface area contributed by atoms with E-state index in [0.29, 0.717) is 30.3 Å². The standard InChI is InChI=1S/C16H24N2O5S/c1-22-14-7-13(8-15(9-14)23-2)17-16(19)18-6-4-5-12(10-18)11-24(3,20)21/h7-9,12H,4-6,10-11H2,1-3H3,(H,17,19). The van der Waals surface area contributed by atoms with Crippen LogP contribution in [0, 0.1) is 5.92 Å². The summed E-state index contributed by atoms with van der Waals surface area (Å²) in [6.07, 6.45) is 2.85. The molecule has 0 saturated carbocycles. The van der Waals surface area contributed by atoms with Gasteiger partial charge in [0.05, 0.1) is 20.0 Å². The fraction of sp³-hybridized carbons (Fsp3) is 0.562. The van der Waals surface area contributed by atoms with E-state index in [4.69, 9.17) is 9.47 Å². The van der Waals surface area contributed by atoms with Crippen molar-refractivity contribution < 1.29 is 22.7 Å². The van der Waals surface area contributed by atoms with Crippen molar-refractivity contribution in [2.75, 3.05) is 44.6 Å². The summed E-state index contributed by atoms with van der Waals surface area (Å²) in [6.45, 7) is 1.06. The predicted octanol–water partition coefficient (Wildman–Crippen LogP) is 1.99. The van der Waals surface area contributed by atoms with E-state index in [1.165, 1.54) is 6.26 Å². The van der Waals surface area contributed by atoms with Gasteiger partial charge in [-0.1, -0.05) is 0 Å². The molecule has 1 aliphatic heterocycles. The number of piperidine rings is 1. The molecule has 1 heterocycles. The van der Waals surface area contributed by atoms with Gasteiger partial charge < -0.3 is 19.7 Å². The average Bonchev–Trinajstić information content (AvgIpc) is 2.53. The van der Waals surface area contributed by atoms with Crippen LogP contribution < -0.4 is 14.8 Å². The van der Waals surface area contributed by atoms with Crippen molar-refractivity contribution in [3.8, 4) is 11.5 Å². The van der Waals surface area contributed by atoms with E-state index >= 15 is 0 Å². The molecule has 0 spiro atoms. The van der Waals surface area contributed by atoms with E-state index in [0.717, 1.165) is 12.8 Å². The lowest BCUT2D eigenvalue weighted by atomic mass is 10.0. The molecule has 0 radical (unpaired) electrons. The maximum Gasteiger partial charge on any atom is 0.321 e. The number of urea groups is 1. The Morgan fingerprint density at radius 2 is 1.88 bits per heavy atom. The molecule has 1 aromatic carbocycles. The number of anilines is 1. The molecule has 1 atom stereocenters. The van der Waals surface area contributed by atoms with Gasteiger partial charge >= 0.3 is 6.03 Å². The van der Waals surface area contributed by atoms with Crippen LogP contribution in [0.15, 0.2) is 18.2 Å². The molecule has 0 bridgehead atoms. The number of carbonyl (C=O) groups is 1. The number of hydrogen-bond acceptors (Lipinski definition) is 5. The number of benzene rings is 1. The minimum Gasteiger partial charge on any atom is -0.497 e. The van der Waals surface area contributed by atoms with Gasteiger partial charge in [0.15, 0.2) is 0 Å². The van der Waals surface area contributed by atoms with Crippen LogP contribution in [0.1, 0.15) is 12.8 Å². The third-order valence-corrected chi connectivity index (χ3v) is 5.02. The third-order valence-electron chi connectivity index (χ3n) is 3.95. The van der Waals surface area contributed by atoms with Gasteiger partial charge in [-0.15, -0.1) is 0 Å². The number of likely N-dealkylation sites (tertiary alicyclic amines) is 1. The van der Waals surface area contributed by atoms with Crippen molar-refractivity contribution >= 4 is 21.6 Å². The van der Waals surface area contributed by atoms with E-state index in [1.807, 2.05) is 0 Å². The molecular formula is C16H24N2O5S. The molecule has 1 aromatic rings. The van der Waals surface area contributed by atoms with Crippen LogP contribution >= 0.6 is 0 Å². The number of carbonyl (C=O) groups excluding carboxylic acids is 1. The van der Waals surface area contributed by atoms with E-state index in [9.17, 15) is 13.2 Å². The van der Waals surface area contributed by atoms with Gasteiger partial charge in [-0.3, -0.25) is 0 Å². The van der Waals surface area contributed by atoms with E-state index in [1.54, 1.807) is 37.3 Å². The Kier molecular flexibility index (Phi) is 5.93. The molecule has 2 rings (SSSR count). The second kappa shape index (κ2) is 7.74. The Labute approximate surface area is 142 Å². The SMILES string of the molecule is COc1cc(NC(=O)N2CCCC(CS(C)(=O)=O)C2)cc(OC)c1. The van der Waals surface area contributed by atoms with Gasteiger partial charge in [0, 0.05) is 43.2 Å². The summed E-state index contributed by atoms with van der Waals surface area (Å²) in [5.74, 6) is 1.26. The lowest BCUT2D eigenvalue weighted by Gasteiger charge is -2.32. The van der Waals surface area contributed by atoms with Gasteiger partial charge in [-0.2, -0.15) is 0 Å². The molecule has 0 aliphatic carbocycles. The topological polar surface area (TPSA) is 84.9 Å². The Bertz CT molecular complexity index is 667. The fourth-order valence-electron chi connectivity index (χ4n) is 2.90. The second-order valence-electron chi connectivity index (χ2n) is 6.08. The Balaban J connectivity index is 2.04. The molecule has 0 aromatic heterocycles. The molecule has 7 nitrogen and oxygen atoms in total. The smallest absolute Gasteiger partial charge is 0.321 e. The summed E-state index contributed by atoms with van der Waals surface area (Å²) in [5.41, 5.74) is 0.571. The zero-order chi connectivity index (χ0) is 17.7. The first-order valence-corrected chi connectivity index (χ1v) is 9.83. The van der Waals surface area contributed by atoms with E-state index in [2.05, 4.69) is 5.32 Å². The highest BCUT2D eigenvalue weighted by Gasteiger charge is 2.26. The quantitative estimate of drug-likeness (QED) is 0.872. The van der Waals surface area contributed by atoms with Crippen molar-refractivity contribution in [1.29, 1.82) is 0 Å². The first kappa shape index (κ1) is 18.4. The maximum atomic E-state index is 12.5. The van der Waals surface area contributed by atoms with Gasteiger partial charge in [0.1, 0.15) is 21.3 Å². The Morgan fingerprint density at radius 3 is 2.42 bits per heavy atom. The summed E-state index contributed by atoms with van der Waals surface area (Å²) in [5, 5.41) is 2.82. The maximum absolute atomic E-state index is 12.5. The van der Waals surface area contributed by atoms with E-state index in [-0.39, 0.29) is 17.7 Å². The zero-order valence-corrected chi connectivity index (χ0v) is 15.1. The molecular weight excluding hydrogens is 332 g/mol. The van der Waals surface area contributed by atoms with Gasteiger partial charge in [-0.25, -0.2) is 13.2 Å². The molecule has 1 fully saturated rings. The largest absolute Gasteiger partial charge is 0.497 e. The number of nitrogens with zero attached hydrogens (tertiary/aromatic N) is 1. The number of nitrogens with one attached hydrogen (secondary N) is 1. The number of rotatable bonds is 5. The average molecular weight is 356 g/mol. The number of ether oxygens (including phenoxy) is 2. The van der Waals surface area contributed by atoms with Crippen LogP contribution in [0.5, 0.6) is 11.5 Å². The summed E-state index contributed by atoms with van der Waals surface area (Å²) in [4.78, 5) is 14.1. The fourth-order valence-corrected chi connectivity index (χ4v) is 4.02. The normalized spacial score (nSPS) is 18.1. The molecule has 1 saturated heterocycles. The first-order valence-electron chi connectivity index (χ1n) is 7.77. The minimum absolute atomic E-state index is 0.0145. The monoisotopic (exact) mass is 356 g/mol. The highest BCUT2D eigenvalue weighted by Crippen LogP contribution is 2.26. The van der Waals surface area contributed by atoms with Crippen LogP contribution in [0.3, 0.4) is 0 Å². The van der Waals surface area contributed by atoms with Crippen LogP contribution in [-0.4, -0.2) is 58.7 Å². The zero-order valence-electron chi connectivity index (χ0n) is 14.2. The summed E-state index contributed by atoms with van der Waals surface area (Å²) < 4.78 is 33.3. The van der Waals surface area contributed by atoms with Crippen molar-refractivity contribution in [3.63, 3.8) is 0 Å². The summed E-state index contributed by atoms with van der Waals surface area (Å²) in [7, 11) is 0.0437. The van der Waals surface area contributed by atoms with Crippen LogP contribution in [0.25, 0.3) is 0 Å². The summed E-state index contributed by atoms with van der Waals surface area (Å²) in [6, 6.07) is 4.89. The number of sulfone groups is 1. The summed E-state index contributed by atoms with van der Waals surface area (Å²) >= 11 is 0. The molecule has 1 N–H and O–H groups in total. The molecule has 8 heteroatoms. The number of amides is 2. The Hall–Kier alpha value is -1.96. The molecule has 2 amide bonds. The minimum atomic E-state index is -3.04. The van der Waals surface area contributed by atoms with Crippen LogP contribution in [-0.2, 0) is 9.84 Å². The second-order valence-corrected chi connectivity index (χ2v) is 8.26. The molecule has 1 unspecified atom stereocenters. The Morgan fingerprint density at radius 1 is 1.25 bits per heavy atom. The van der Waals surface area contributed by atoms with Crippen LogP contribution in [0.4, 0.5) is 10.5 Å². The molecule has 134 valence electrons. The van der Waals surface area contributed by atoms with E-state index < -0.39 is 9.84 Å². The highest BCUT2D eigenvalue weighted by molar-refractivity contribution is 7.90. The predicted molar refractivity (Wildman–Crippen MR) is 92.6 cm³/mol. The van der Waals surface area contributed by atoms with Crippen molar-refractivity contribution in [1.82, 2.24) is 4.90 Å². The third kappa shape index (κ3) is 5.30. The van der Waals surface area contributed by atoms with Gasteiger partial charge in [-0.05, 0) is 18.8 Å². The number of methoxy groups -OCH3 is 2. The lowest BCUT2D eigenvalue weighted by Crippen LogP contribution is -2.43. The van der Waals surface area contributed by atoms with Crippen molar-refractivity contribution in [2.24, 2.45) is 5.92 Å². The first-order chi connectivity index (χ1) is 11.3. The number of hydrogen-bond donors (Lipinski definition) is 1. The molecule has 1 aliphatic rings. The van der Waals surface area contributed by atoms with Crippen LogP contribution in [0.2, 0.25) is 0 Å². The molecule has 24 heavy (non-hydrogen) atoms. The highest BCUT2D eigenvalue weighted by atomic mass is 32.2. The van der Waals surface area contributed by atoms with Gasteiger partial charge in [0.25, 0.3) is 0 Å². The van der Waals surface area contributed by atoms with Gasteiger partial charge in [0.2, 0.25) is 0 Å². The van der Waals surface area contributed by atoms with Crippen molar-refractivity contribution in [3.05, 3.63) is 18.2 Å².